The van der Waals surface area contributed by atoms with Crippen LogP contribution in [0.5, 0.6) is 5.75 Å². The number of nitrogens with one attached hydrogen (secondary N) is 1. The third kappa shape index (κ3) is 4.84. The van der Waals surface area contributed by atoms with Gasteiger partial charge in [-0.25, -0.2) is 0 Å². The first-order chi connectivity index (χ1) is 9.28. The van der Waals surface area contributed by atoms with E-state index in [-0.39, 0.29) is 0 Å². The summed E-state index contributed by atoms with van der Waals surface area (Å²) in [4.78, 5) is 0. The minimum atomic E-state index is 0.613. The summed E-state index contributed by atoms with van der Waals surface area (Å²) in [6, 6.07) is 16.6. The van der Waals surface area contributed by atoms with Gasteiger partial charge in [-0.05, 0) is 64.5 Å². The van der Waals surface area contributed by atoms with Gasteiger partial charge in [0.2, 0.25) is 0 Å². The summed E-state index contributed by atoms with van der Waals surface area (Å²) in [5.41, 5.74) is 2.44. The first-order valence-corrected chi connectivity index (χ1v) is 7.52. The normalized spacial score (nSPS) is 10.4. The van der Waals surface area contributed by atoms with Crippen LogP contribution in [0.15, 0.2) is 48.5 Å². The maximum atomic E-state index is 5.82. The van der Waals surface area contributed by atoms with E-state index in [0.29, 0.717) is 6.61 Å². The predicted molar refractivity (Wildman–Crippen MR) is 87.3 cm³/mol. The molecule has 0 saturated heterocycles. The third-order valence-electron chi connectivity index (χ3n) is 2.80. The second-order valence-electron chi connectivity index (χ2n) is 4.34. The van der Waals surface area contributed by atoms with Gasteiger partial charge in [-0.15, -0.1) is 0 Å². The molecule has 0 unspecified atom stereocenters. The summed E-state index contributed by atoms with van der Waals surface area (Å²) in [7, 11) is 0. The molecule has 0 spiro atoms. The molecule has 1 N–H and O–H groups in total. The maximum absolute atomic E-state index is 5.82. The molecule has 2 aromatic carbocycles. The maximum Gasteiger partial charge on any atom is 0.120 e. The Morgan fingerprint density at radius 1 is 1.05 bits per heavy atom. The molecule has 0 atom stereocenters. The fourth-order valence-electron chi connectivity index (χ4n) is 1.76. The Balaban J connectivity index is 1.93. The molecule has 0 saturated carbocycles. The Morgan fingerprint density at radius 3 is 2.58 bits per heavy atom. The van der Waals surface area contributed by atoms with Gasteiger partial charge >= 0.3 is 0 Å². The Kier molecular flexibility index (Phi) is 5.66. The average molecular weight is 367 g/mol. The summed E-state index contributed by atoms with van der Waals surface area (Å²) in [5.74, 6) is 0.925. The number of rotatable bonds is 6. The Morgan fingerprint density at radius 2 is 1.84 bits per heavy atom. The van der Waals surface area contributed by atoms with Crippen molar-refractivity contribution in [1.29, 1.82) is 0 Å². The van der Waals surface area contributed by atoms with Crippen LogP contribution in [0.3, 0.4) is 0 Å². The molecule has 19 heavy (non-hydrogen) atoms. The van der Waals surface area contributed by atoms with Gasteiger partial charge in [-0.1, -0.05) is 31.2 Å². The Hall–Kier alpha value is -1.07. The molecular weight excluding hydrogens is 349 g/mol. The van der Waals surface area contributed by atoms with E-state index in [9.17, 15) is 0 Å². The van der Waals surface area contributed by atoms with E-state index in [1.807, 2.05) is 12.1 Å². The molecule has 0 aliphatic carbocycles. The fourth-order valence-corrected chi connectivity index (χ4v) is 2.12. The molecular formula is C16H18INO. The predicted octanol–water partition coefficient (Wildman–Crippen LogP) is 3.98. The van der Waals surface area contributed by atoms with E-state index >= 15 is 0 Å². The highest BCUT2D eigenvalue weighted by molar-refractivity contribution is 14.1. The zero-order valence-electron chi connectivity index (χ0n) is 11.0. The second kappa shape index (κ2) is 7.50. The first kappa shape index (κ1) is 14.3. The van der Waals surface area contributed by atoms with Crippen molar-refractivity contribution in [3.63, 3.8) is 0 Å². The molecule has 2 rings (SSSR count). The Labute approximate surface area is 128 Å². The highest BCUT2D eigenvalue weighted by Gasteiger charge is 1.98. The second-order valence-corrected chi connectivity index (χ2v) is 5.59. The van der Waals surface area contributed by atoms with Crippen LogP contribution in [0.2, 0.25) is 0 Å². The molecule has 3 heteroatoms. The van der Waals surface area contributed by atoms with E-state index < -0.39 is 0 Å². The van der Waals surface area contributed by atoms with E-state index in [0.717, 1.165) is 18.8 Å². The van der Waals surface area contributed by atoms with E-state index in [4.69, 9.17) is 4.74 Å². The third-order valence-corrected chi connectivity index (χ3v) is 3.52. The van der Waals surface area contributed by atoms with Gasteiger partial charge in [0.25, 0.3) is 0 Å². The summed E-state index contributed by atoms with van der Waals surface area (Å²) in [5, 5.41) is 3.32. The lowest BCUT2D eigenvalue weighted by molar-refractivity contribution is 0.306. The van der Waals surface area contributed by atoms with Crippen molar-refractivity contribution in [3.8, 4) is 5.75 Å². The molecule has 2 aromatic rings. The monoisotopic (exact) mass is 367 g/mol. The topological polar surface area (TPSA) is 21.3 Å². The van der Waals surface area contributed by atoms with Crippen molar-refractivity contribution in [3.05, 3.63) is 63.2 Å². The molecule has 0 radical (unpaired) electrons. The number of benzene rings is 2. The number of hydrogen-bond acceptors (Lipinski definition) is 2. The molecule has 0 heterocycles. The zero-order valence-corrected chi connectivity index (χ0v) is 13.2. The number of halogens is 1. The SMILES string of the molecule is CCNCc1cccc(OCc2ccc(I)cc2)c1. The minimum Gasteiger partial charge on any atom is -0.489 e. The van der Waals surface area contributed by atoms with Crippen molar-refractivity contribution in [1.82, 2.24) is 5.32 Å². The van der Waals surface area contributed by atoms with Gasteiger partial charge < -0.3 is 10.1 Å². The highest BCUT2D eigenvalue weighted by Crippen LogP contribution is 2.15. The van der Waals surface area contributed by atoms with Gasteiger partial charge in [0, 0.05) is 10.1 Å². The number of ether oxygens (including phenoxy) is 1. The van der Waals surface area contributed by atoms with Gasteiger partial charge in [0.05, 0.1) is 0 Å². The quantitative estimate of drug-likeness (QED) is 0.780. The number of hydrogen-bond donors (Lipinski definition) is 1. The lowest BCUT2D eigenvalue weighted by Crippen LogP contribution is -2.11. The minimum absolute atomic E-state index is 0.613. The fraction of sp³-hybridized carbons (Fsp3) is 0.250. The van der Waals surface area contributed by atoms with Crippen LogP contribution >= 0.6 is 22.6 Å². The summed E-state index contributed by atoms with van der Waals surface area (Å²) < 4.78 is 7.07. The molecule has 0 fully saturated rings. The van der Waals surface area contributed by atoms with Crippen molar-refractivity contribution in [2.45, 2.75) is 20.1 Å². The van der Waals surface area contributed by atoms with Crippen LogP contribution in [-0.4, -0.2) is 6.54 Å². The zero-order chi connectivity index (χ0) is 13.5. The lowest BCUT2D eigenvalue weighted by Gasteiger charge is -2.08. The van der Waals surface area contributed by atoms with E-state index in [1.165, 1.54) is 14.7 Å². The van der Waals surface area contributed by atoms with Crippen LogP contribution in [0.4, 0.5) is 0 Å². The molecule has 0 bridgehead atoms. The van der Waals surface area contributed by atoms with Gasteiger partial charge in [0.1, 0.15) is 12.4 Å². The molecule has 0 amide bonds. The smallest absolute Gasteiger partial charge is 0.120 e. The lowest BCUT2D eigenvalue weighted by atomic mass is 10.2. The standard InChI is InChI=1S/C16H18INO/c1-2-18-11-14-4-3-5-16(10-14)19-12-13-6-8-15(17)9-7-13/h3-10,18H,2,11-12H2,1H3. The van der Waals surface area contributed by atoms with Crippen LogP contribution in [0.25, 0.3) is 0 Å². The molecule has 2 nitrogen and oxygen atoms in total. The van der Waals surface area contributed by atoms with Crippen molar-refractivity contribution < 1.29 is 4.74 Å². The van der Waals surface area contributed by atoms with Crippen LogP contribution < -0.4 is 10.1 Å². The van der Waals surface area contributed by atoms with E-state index in [1.54, 1.807) is 0 Å². The molecule has 0 aromatic heterocycles. The van der Waals surface area contributed by atoms with Gasteiger partial charge in [-0.2, -0.15) is 0 Å². The van der Waals surface area contributed by atoms with Crippen LogP contribution in [0, 0.1) is 3.57 Å². The summed E-state index contributed by atoms with van der Waals surface area (Å²) >= 11 is 2.31. The Bertz CT molecular complexity index is 510. The van der Waals surface area contributed by atoms with Crippen molar-refractivity contribution in [2.24, 2.45) is 0 Å². The highest BCUT2D eigenvalue weighted by atomic mass is 127. The van der Waals surface area contributed by atoms with Crippen molar-refractivity contribution in [2.75, 3.05) is 6.54 Å². The van der Waals surface area contributed by atoms with Gasteiger partial charge in [-0.3, -0.25) is 0 Å². The van der Waals surface area contributed by atoms with Crippen molar-refractivity contribution >= 4 is 22.6 Å². The molecule has 0 aliphatic heterocycles. The summed E-state index contributed by atoms with van der Waals surface area (Å²) in [6.07, 6.45) is 0. The van der Waals surface area contributed by atoms with Crippen LogP contribution in [-0.2, 0) is 13.2 Å². The average Bonchev–Trinajstić information content (AvgIpc) is 2.45. The molecule has 100 valence electrons. The molecule has 0 aliphatic rings. The van der Waals surface area contributed by atoms with E-state index in [2.05, 4.69) is 71.2 Å². The van der Waals surface area contributed by atoms with Gasteiger partial charge in [0.15, 0.2) is 0 Å². The van der Waals surface area contributed by atoms with Crippen LogP contribution in [0.1, 0.15) is 18.1 Å². The summed E-state index contributed by atoms with van der Waals surface area (Å²) in [6.45, 7) is 4.59. The largest absolute Gasteiger partial charge is 0.489 e. The first-order valence-electron chi connectivity index (χ1n) is 6.45.